The summed E-state index contributed by atoms with van der Waals surface area (Å²) >= 11 is 0. The molecule has 4 rings (SSSR count). The van der Waals surface area contributed by atoms with Gasteiger partial charge in [0, 0.05) is 24.7 Å². The predicted octanol–water partition coefficient (Wildman–Crippen LogP) is 4.44. The van der Waals surface area contributed by atoms with Crippen LogP contribution in [0.25, 0.3) is 0 Å². The van der Waals surface area contributed by atoms with Crippen LogP contribution in [0.5, 0.6) is 11.5 Å². The zero-order valence-corrected chi connectivity index (χ0v) is 14.9. The zero-order valence-electron chi connectivity index (χ0n) is 14.9. The molecule has 0 spiro atoms. The standard InChI is InChI=1S/C22H28N2O/c1-2-7-21(8-3-1)25-22-9-5-4-6-19(22)17-24(16-18-10-11-18)20-12-14-23-15-13-20/h1-9,18,20,23H,10-17H2. The van der Waals surface area contributed by atoms with Crippen molar-refractivity contribution >= 4 is 0 Å². The maximum atomic E-state index is 6.18. The molecular formula is C22H28N2O. The molecule has 3 heteroatoms. The molecule has 3 nitrogen and oxygen atoms in total. The quantitative estimate of drug-likeness (QED) is 0.809. The summed E-state index contributed by atoms with van der Waals surface area (Å²) in [5.41, 5.74) is 1.30. The van der Waals surface area contributed by atoms with Gasteiger partial charge in [0.15, 0.2) is 0 Å². The van der Waals surface area contributed by atoms with Crippen molar-refractivity contribution in [3.63, 3.8) is 0 Å². The van der Waals surface area contributed by atoms with Crippen LogP contribution >= 0.6 is 0 Å². The van der Waals surface area contributed by atoms with Crippen molar-refractivity contribution in [1.82, 2.24) is 10.2 Å². The Hall–Kier alpha value is -1.84. The summed E-state index contributed by atoms with van der Waals surface area (Å²) in [5.74, 6) is 2.81. The van der Waals surface area contributed by atoms with Gasteiger partial charge < -0.3 is 10.1 Å². The van der Waals surface area contributed by atoms with Crippen molar-refractivity contribution in [1.29, 1.82) is 0 Å². The summed E-state index contributed by atoms with van der Waals surface area (Å²) in [4.78, 5) is 2.71. The summed E-state index contributed by atoms with van der Waals surface area (Å²) in [6.07, 6.45) is 5.33. The molecule has 1 heterocycles. The number of piperidine rings is 1. The van der Waals surface area contributed by atoms with Crippen LogP contribution in [0.1, 0.15) is 31.2 Å². The average Bonchev–Trinajstić information content (AvgIpc) is 3.48. The Bertz CT molecular complexity index is 663. The number of rotatable bonds is 7. The Morgan fingerprint density at radius 1 is 0.880 bits per heavy atom. The fourth-order valence-electron chi connectivity index (χ4n) is 3.71. The molecule has 0 unspecified atom stereocenters. The second-order valence-electron chi connectivity index (χ2n) is 7.38. The van der Waals surface area contributed by atoms with E-state index in [-0.39, 0.29) is 0 Å². The smallest absolute Gasteiger partial charge is 0.131 e. The number of nitrogens with zero attached hydrogens (tertiary/aromatic N) is 1. The zero-order chi connectivity index (χ0) is 16.9. The normalized spacial score (nSPS) is 18.4. The van der Waals surface area contributed by atoms with Crippen LogP contribution in [-0.2, 0) is 6.54 Å². The molecule has 25 heavy (non-hydrogen) atoms. The molecule has 1 saturated heterocycles. The summed E-state index contributed by atoms with van der Waals surface area (Å²) < 4.78 is 6.18. The molecule has 1 aliphatic carbocycles. The molecule has 1 aliphatic heterocycles. The predicted molar refractivity (Wildman–Crippen MR) is 102 cm³/mol. The van der Waals surface area contributed by atoms with E-state index >= 15 is 0 Å². The fourth-order valence-corrected chi connectivity index (χ4v) is 3.71. The molecule has 2 aromatic rings. The average molecular weight is 336 g/mol. The van der Waals surface area contributed by atoms with Gasteiger partial charge in [-0.1, -0.05) is 36.4 Å². The fraction of sp³-hybridized carbons (Fsp3) is 0.455. The molecule has 1 N–H and O–H groups in total. The van der Waals surface area contributed by atoms with Crippen LogP contribution in [0.15, 0.2) is 54.6 Å². The van der Waals surface area contributed by atoms with Crippen LogP contribution in [-0.4, -0.2) is 30.6 Å². The molecule has 2 aliphatic rings. The van der Waals surface area contributed by atoms with Gasteiger partial charge in [-0.2, -0.15) is 0 Å². The van der Waals surface area contributed by atoms with E-state index in [9.17, 15) is 0 Å². The summed E-state index contributed by atoms with van der Waals surface area (Å²) in [7, 11) is 0. The van der Waals surface area contributed by atoms with Gasteiger partial charge in [-0.05, 0) is 62.9 Å². The molecular weight excluding hydrogens is 308 g/mol. The Balaban J connectivity index is 1.50. The van der Waals surface area contributed by atoms with E-state index in [0.29, 0.717) is 6.04 Å². The van der Waals surface area contributed by atoms with Gasteiger partial charge in [0.25, 0.3) is 0 Å². The van der Waals surface area contributed by atoms with Crippen molar-refractivity contribution in [2.45, 2.75) is 38.3 Å². The highest BCUT2D eigenvalue weighted by atomic mass is 16.5. The molecule has 2 aromatic carbocycles. The van der Waals surface area contributed by atoms with Crippen molar-refractivity contribution in [2.75, 3.05) is 19.6 Å². The van der Waals surface area contributed by atoms with Gasteiger partial charge in [-0.3, -0.25) is 4.90 Å². The number of hydrogen-bond donors (Lipinski definition) is 1. The SMILES string of the molecule is c1ccc(Oc2ccccc2CN(CC2CC2)C2CCNCC2)cc1. The number of hydrogen-bond acceptors (Lipinski definition) is 3. The van der Waals surface area contributed by atoms with Gasteiger partial charge >= 0.3 is 0 Å². The Kier molecular flexibility index (Phi) is 5.34. The van der Waals surface area contributed by atoms with E-state index in [1.165, 1.54) is 37.8 Å². The second kappa shape index (κ2) is 8.03. The third-order valence-corrected chi connectivity index (χ3v) is 5.33. The first kappa shape index (κ1) is 16.6. The van der Waals surface area contributed by atoms with Crippen LogP contribution in [0.4, 0.5) is 0 Å². The minimum Gasteiger partial charge on any atom is -0.457 e. The summed E-state index contributed by atoms with van der Waals surface area (Å²) in [5, 5.41) is 3.50. The number of nitrogens with one attached hydrogen (secondary N) is 1. The maximum Gasteiger partial charge on any atom is 0.131 e. The Morgan fingerprint density at radius 3 is 2.36 bits per heavy atom. The molecule has 0 bridgehead atoms. The largest absolute Gasteiger partial charge is 0.457 e. The van der Waals surface area contributed by atoms with Gasteiger partial charge in [-0.25, -0.2) is 0 Å². The van der Waals surface area contributed by atoms with Crippen molar-refractivity contribution in [3.8, 4) is 11.5 Å². The number of para-hydroxylation sites is 2. The van der Waals surface area contributed by atoms with Crippen LogP contribution < -0.4 is 10.1 Å². The second-order valence-corrected chi connectivity index (χ2v) is 7.38. The monoisotopic (exact) mass is 336 g/mol. The van der Waals surface area contributed by atoms with E-state index < -0.39 is 0 Å². The molecule has 132 valence electrons. The highest BCUT2D eigenvalue weighted by molar-refractivity contribution is 5.37. The number of benzene rings is 2. The van der Waals surface area contributed by atoms with Gasteiger partial charge in [0.05, 0.1) is 0 Å². The first-order chi connectivity index (χ1) is 12.4. The molecule has 2 fully saturated rings. The van der Waals surface area contributed by atoms with E-state index in [1.54, 1.807) is 0 Å². The minimum atomic E-state index is 0.701. The van der Waals surface area contributed by atoms with E-state index in [0.717, 1.165) is 37.1 Å². The molecule has 0 radical (unpaired) electrons. The van der Waals surface area contributed by atoms with Crippen LogP contribution in [0.3, 0.4) is 0 Å². The summed E-state index contributed by atoms with van der Waals surface area (Å²) in [6.45, 7) is 4.52. The number of ether oxygens (including phenoxy) is 1. The third kappa shape index (κ3) is 4.62. The van der Waals surface area contributed by atoms with Gasteiger partial charge in [0.1, 0.15) is 11.5 Å². The Labute approximate surface area is 151 Å². The van der Waals surface area contributed by atoms with Gasteiger partial charge in [-0.15, -0.1) is 0 Å². The van der Waals surface area contributed by atoms with E-state index in [1.807, 2.05) is 30.3 Å². The molecule has 0 atom stereocenters. The Morgan fingerprint density at radius 2 is 1.60 bits per heavy atom. The van der Waals surface area contributed by atoms with Crippen LogP contribution in [0.2, 0.25) is 0 Å². The van der Waals surface area contributed by atoms with Gasteiger partial charge in [0.2, 0.25) is 0 Å². The highest BCUT2D eigenvalue weighted by Crippen LogP contribution is 2.33. The first-order valence-corrected chi connectivity index (χ1v) is 9.64. The maximum absolute atomic E-state index is 6.18. The highest BCUT2D eigenvalue weighted by Gasteiger charge is 2.29. The summed E-state index contributed by atoms with van der Waals surface area (Å²) in [6, 6.07) is 19.3. The molecule has 0 aromatic heterocycles. The first-order valence-electron chi connectivity index (χ1n) is 9.64. The van der Waals surface area contributed by atoms with E-state index in [4.69, 9.17) is 4.74 Å². The minimum absolute atomic E-state index is 0.701. The third-order valence-electron chi connectivity index (χ3n) is 5.33. The van der Waals surface area contributed by atoms with Crippen molar-refractivity contribution in [2.24, 2.45) is 5.92 Å². The molecule has 1 saturated carbocycles. The lowest BCUT2D eigenvalue weighted by Gasteiger charge is -2.35. The van der Waals surface area contributed by atoms with Crippen LogP contribution in [0, 0.1) is 5.92 Å². The molecule has 0 amide bonds. The van der Waals surface area contributed by atoms with Crippen molar-refractivity contribution in [3.05, 3.63) is 60.2 Å². The lowest BCUT2D eigenvalue weighted by molar-refractivity contribution is 0.146. The van der Waals surface area contributed by atoms with E-state index in [2.05, 4.69) is 34.5 Å². The lowest BCUT2D eigenvalue weighted by Crippen LogP contribution is -2.43. The topological polar surface area (TPSA) is 24.5 Å². The lowest BCUT2D eigenvalue weighted by atomic mass is 10.0. The van der Waals surface area contributed by atoms with Crippen molar-refractivity contribution < 1.29 is 4.74 Å².